The first-order chi connectivity index (χ1) is 19.1. The van der Waals surface area contributed by atoms with Crippen LogP contribution in [-0.4, -0.2) is 63.8 Å². The highest BCUT2D eigenvalue weighted by Gasteiger charge is 2.42. The Morgan fingerprint density at radius 2 is 1.95 bits per heavy atom. The largest absolute Gasteiger partial charge is 0.393 e. The zero-order valence-electron chi connectivity index (χ0n) is 20.6. The maximum Gasteiger partial charge on any atom is 0.333 e. The number of nitrogens with zero attached hydrogens (tertiary/aromatic N) is 5. The summed E-state index contributed by atoms with van der Waals surface area (Å²) in [5.41, 5.74) is 1.69. The van der Waals surface area contributed by atoms with Crippen molar-refractivity contribution >= 4 is 44.6 Å². The van der Waals surface area contributed by atoms with Gasteiger partial charge in [0.25, 0.3) is 10.2 Å². The van der Waals surface area contributed by atoms with E-state index in [9.17, 15) is 26.7 Å². The molecule has 4 heterocycles. The van der Waals surface area contributed by atoms with Gasteiger partial charge in [-0.25, -0.2) is 14.1 Å². The van der Waals surface area contributed by atoms with Gasteiger partial charge in [0.15, 0.2) is 10.8 Å². The van der Waals surface area contributed by atoms with Gasteiger partial charge in [0.05, 0.1) is 11.8 Å². The molecule has 3 N–H and O–H groups in total. The Morgan fingerprint density at radius 3 is 2.60 bits per heavy atom. The maximum atomic E-state index is 14.0. The summed E-state index contributed by atoms with van der Waals surface area (Å²) >= 11 is 7.79. The van der Waals surface area contributed by atoms with Crippen LogP contribution in [0.1, 0.15) is 48.1 Å². The fourth-order valence-electron chi connectivity index (χ4n) is 5.19. The fourth-order valence-corrected chi connectivity index (χ4v) is 7.40. The molecule has 0 unspecified atom stereocenters. The zero-order chi connectivity index (χ0) is 28.2. The number of fused-ring (bicyclic) bond motifs is 1. The van der Waals surface area contributed by atoms with Crippen LogP contribution in [0.25, 0.3) is 5.57 Å². The number of aliphatic hydroxyl groups is 1. The van der Waals surface area contributed by atoms with Gasteiger partial charge in [0, 0.05) is 64.7 Å². The molecule has 3 aromatic rings. The molecule has 1 saturated heterocycles. The summed E-state index contributed by atoms with van der Waals surface area (Å²) in [5.74, 6) is -0.0995. The van der Waals surface area contributed by atoms with E-state index in [1.165, 1.54) is 29.5 Å². The molecule has 1 aliphatic carbocycles. The number of halogens is 4. The molecule has 0 amide bonds. The Labute approximate surface area is 236 Å². The van der Waals surface area contributed by atoms with Crippen LogP contribution in [0, 0.1) is 5.82 Å². The highest BCUT2D eigenvalue weighted by atomic mass is 35.5. The Balaban J connectivity index is 1.44. The molecule has 0 radical (unpaired) electrons. The average molecular weight is 614 g/mol. The van der Waals surface area contributed by atoms with Crippen molar-refractivity contribution in [3.8, 4) is 0 Å². The van der Waals surface area contributed by atoms with Crippen LogP contribution >= 0.6 is 22.9 Å². The van der Waals surface area contributed by atoms with Gasteiger partial charge in [-0.3, -0.25) is 4.99 Å². The number of aliphatic hydroxyl groups excluding tert-OH is 1. The van der Waals surface area contributed by atoms with Crippen LogP contribution in [0.15, 0.2) is 52.7 Å². The highest BCUT2D eigenvalue weighted by molar-refractivity contribution is 7.87. The molecular formula is C24H23ClF3N7O3S2. The summed E-state index contributed by atoms with van der Waals surface area (Å²) in [5, 5.41) is 16.0. The predicted octanol–water partition coefficient (Wildman–Crippen LogP) is 3.46. The fraction of sp³-hybridized carbons (Fsp3) is 0.375. The van der Waals surface area contributed by atoms with Crippen LogP contribution in [0.4, 0.5) is 13.2 Å². The summed E-state index contributed by atoms with van der Waals surface area (Å²) in [4.78, 5) is 11.1. The number of aliphatic imine (C=N–C) groups is 1. The van der Waals surface area contributed by atoms with Gasteiger partial charge in [-0.2, -0.15) is 31.7 Å². The molecule has 3 aliphatic rings. The van der Waals surface area contributed by atoms with Gasteiger partial charge in [0.2, 0.25) is 0 Å². The van der Waals surface area contributed by atoms with Gasteiger partial charge in [-0.1, -0.05) is 17.7 Å². The average Bonchev–Trinajstić information content (AvgIpc) is 3.63. The first kappa shape index (κ1) is 27.4. The van der Waals surface area contributed by atoms with Crippen molar-refractivity contribution < 1.29 is 26.7 Å². The SMILES string of the molecule is O=S(=O)(N[C@H]1CC2=C(c3ccn(C(F)F)n3)[C@H](c3ccc(F)cc3Cl)N=C(c3nccs3)N2C1)N[C@H]1C[C@H](O)C1. The van der Waals surface area contributed by atoms with Crippen molar-refractivity contribution in [2.24, 2.45) is 4.99 Å². The zero-order valence-corrected chi connectivity index (χ0v) is 23.0. The third-order valence-electron chi connectivity index (χ3n) is 6.98. The molecule has 2 atom stereocenters. The molecule has 16 heteroatoms. The third kappa shape index (κ3) is 5.29. The van der Waals surface area contributed by atoms with E-state index in [0.29, 0.717) is 45.2 Å². The second-order valence-corrected chi connectivity index (χ2v) is 12.5. The topological polar surface area (TPSA) is 125 Å². The normalized spacial score (nSPS) is 24.9. The summed E-state index contributed by atoms with van der Waals surface area (Å²) in [7, 11) is -3.92. The number of benzene rings is 1. The minimum atomic E-state index is -3.92. The predicted molar refractivity (Wildman–Crippen MR) is 143 cm³/mol. The van der Waals surface area contributed by atoms with E-state index >= 15 is 0 Å². The van der Waals surface area contributed by atoms with Crippen LogP contribution in [0.3, 0.4) is 0 Å². The maximum absolute atomic E-state index is 14.0. The lowest BCUT2D eigenvalue weighted by molar-refractivity contribution is 0.0564. The van der Waals surface area contributed by atoms with Gasteiger partial charge in [-0.05, 0) is 31.0 Å². The molecule has 6 rings (SSSR count). The van der Waals surface area contributed by atoms with Crippen LogP contribution < -0.4 is 9.44 Å². The smallest absolute Gasteiger partial charge is 0.333 e. The second kappa shape index (κ2) is 10.5. The van der Waals surface area contributed by atoms with Crippen LogP contribution in [0.2, 0.25) is 5.02 Å². The van der Waals surface area contributed by atoms with E-state index in [0.717, 1.165) is 12.3 Å². The van der Waals surface area contributed by atoms with Gasteiger partial charge < -0.3 is 10.0 Å². The van der Waals surface area contributed by atoms with Crippen molar-refractivity contribution in [2.45, 2.75) is 50.0 Å². The minimum absolute atomic E-state index is 0.0919. The molecule has 10 nitrogen and oxygen atoms in total. The number of alkyl halides is 2. The summed E-state index contributed by atoms with van der Waals surface area (Å²) in [6.07, 6.45) is 3.08. The van der Waals surface area contributed by atoms with Crippen LogP contribution in [-0.2, 0) is 10.2 Å². The lowest BCUT2D eigenvalue weighted by Gasteiger charge is -2.32. The molecule has 40 heavy (non-hydrogen) atoms. The molecule has 2 fully saturated rings. The van der Waals surface area contributed by atoms with Crippen molar-refractivity contribution in [1.29, 1.82) is 0 Å². The van der Waals surface area contributed by atoms with Gasteiger partial charge in [-0.15, -0.1) is 11.3 Å². The van der Waals surface area contributed by atoms with Crippen molar-refractivity contribution in [3.63, 3.8) is 0 Å². The van der Waals surface area contributed by atoms with E-state index in [2.05, 4.69) is 19.5 Å². The monoisotopic (exact) mass is 613 g/mol. The second-order valence-electron chi connectivity index (χ2n) is 9.75. The Hall–Kier alpha value is -2.82. The molecule has 2 aromatic heterocycles. The van der Waals surface area contributed by atoms with Crippen molar-refractivity contribution in [2.75, 3.05) is 6.54 Å². The van der Waals surface area contributed by atoms with Crippen LogP contribution in [0.5, 0.6) is 0 Å². The third-order valence-corrected chi connectivity index (χ3v) is 9.37. The molecule has 2 aliphatic heterocycles. The number of nitrogens with one attached hydrogen (secondary N) is 2. The number of hydrogen-bond acceptors (Lipinski definition) is 8. The van der Waals surface area contributed by atoms with E-state index < -0.39 is 40.8 Å². The van der Waals surface area contributed by atoms with E-state index in [-0.39, 0.29) is 29.7 Å². The molecule has 1 saturated carbocycles. The molecule has 0 spiro atoms. The standard InChI is InChI=1S/C24H23ClF3N7O3S2/c25-17-7-12(26)1-2-16(17)21-20(18-3-5-35(31-18)24(27)28)19-10-14(33-40(37,38)32-13-8-15(36)9-13)11-34(19)22(30-21)23-29-4-6-39-23/h1-7,13-15,21,24,32-33,36H,8-11H2/t13-,14-,15-,21-/m0/s1. The lowest BCUT2D eigenvalue weighted by atomic mass is 9.91. The summed E-state index contributed by atoms with van der Waals surface area (Å²) in [6.45, 7) is -2.69. The van der Waals surface area contributed by atoms with Gasteiger partial charge >= 0.3 is 6.55 Å². The first-order valence-electron chi connectivity index (χ1n) is 12.3. The number of thiazole rings is 1. The summed E-state index contributed by atoms with van der Waals surface area (Å²) < 4.78 is 72.4. The molecule has 1 aromatic carbocycles. The van der Waals surface area contributed by atoms with Crippen molar-refractivity contribution in [1.82, 2.24) is 29.1 Å². The number of aromatic nitrogens is 3. The summed E-state index contributed by atoms with van der Waals surface area (Å²) in [6, 6.07) is 3.47. The Morgan fingerprint density at radius 1 is 1.18 bits per heavy atom. The molecular weight excluding hydrogens is 591 g/mol. The van der Waals surface area contributed by atoms with Gasteiger partial charge in [0.1, 0.15) is 11.9 Å². The number of rotatable bonds is 8. The quantitative estimate of drug-likeness (QED) is 0.357. The number of amidine groups is 1. The molecule has 0 bridgehead atoms. The lowest BCUT2D eigenvalue weighted by Crippen LogP contribution is -2.52. The number of hydrogen-bond donors (Lipinski definition) is 3. The highest BCUT2D eigenvalue weighted by Crippen LogP contribution is 2.46. The van der Waals surface area contributed by atoms with E-state index in [1.807, 2.05) is 4.90 Å². The first-order valence-corrected chi connectivity index (χ1v) is 15.1. The Kier molecular flexibility index (Phi) is 7.21. The van der Waals surface area contributed by atoms with Crippen molar-refractivity contribution in [3.05, 3.63) is 74.8 Å². The van der Waals surface area contributed by atoms with E-state index in [1.54, 1.807) is 11.6 Å². The molecule has 212 valence electrons. The minimum Gasteiger partial charge on any atom is -0.393 e. The van der Waals surface area contributed by atoms with E-state index in [4.69, 9.17) is 16.6 Å². The Bertz CT molecular complexity index is 1590.